The van der Waals surface area contributed by atoms with E-state index >= 15 is 0 Å². The van der Waals surface area contributed by atoms with Gasteiger partial charge in [0.25, 0.3) is 5.69 Å². The lowest BCUT2D eigenvalue weighted by atomic mass is 10.2. The summed E-state index contributed by atoms with van der Waals surface area (Å²) < 4.78 is 8.71. The topological polar surface area (TPSA) is 64.7 Å². The van der Waals surface area contributed by atoms with Gasteiger partial charge < -0.3 is 4.74 Å². The van der Waals surface area contributed by atoms with Gasteiger partial charge in [0.15, 0.2) is 0 Å². The number of non-ortho nitro benzene ring substituents is 1. The first-order valence-corrected chi connectivity index (χ1v) is 10.4. The van der Waals surface area contributed by atoms with Crippen LogP contribution in [0.5, 0.6) is 5.75 Å². The van der Waals surface area contributed by atoms with E-state index in [-0.39, 0.29) is 5.69 Å². The van der Waals surface area contributed by atoms with Gasteiger partial charge in [-0.15, -0.1) is 0 Å². The maximum atomic E-state index is 10.8. The van der Waals surface area contributed by atoms with Crippen LogP contribution >= 0.6 is 47.8 Å². The average Bonchev–Trinajstić information content (AvgIpc) is 2.67. The Hall–Kier alpha value is -2.03. The van der Waals surface area contributed by atoms with Crippen molar-refractivity contribution in [2.75, 3.05) is 0 Å². The number of nitrogens with zero attached hydrogens (tertiary/aromatic N) is 2. The number of aliphatic imine (C=N–C) groups is 1. The Balaban J connectivity index is 1.83. The zero-order valence-corrected chi connectivity index (χ0v) is 19.1. The maximum Gasteiger partial charge on any atom is 0.269 e. The Bertz CT molecular complexity index is 1020. The molecule has 0 spiro atoms. The molecule has 142 valence electrons. The molecule has 0 aromatic heterocycles. The Morgan fingerprint density at radius 3 is 2.29 bits per heavy atom. The summed E-state index contributed by atoms with van der Waals surface area (Å²) in [6.45, 7) is 0.409. The molecule has 0 atom stereocenters. The van der Waals surface area contributed by atoms with Gasteiger partial charge in [-0.2, -0.15) is 0 Å². The molecule has 0 amide bonds. The first-order valence-electron chi connectivity index (χ1n) is 8.07. The molecule has 0 saturated heterocycles. The largest absolute Gasteiger partial charge is 0.487 e. The van der Waals surface area contributed by atoms with Gasteiger partial charge in [-0.05, 0) is 57.9 Å². The summed E-state index contributed by atoms with van der Waals surface area (Å²) in [7, 11) is 0. The fraction of sp³-hybridized carbons (Fsp3) is 0.0500. The highest BCUT2D eigenvalue weighted by Crippen LogP contribution is 2.33. The molecule has 3 aromatic rings. The minimum Gasteiger partial charge on any atom is -0.487 e. The van der Waals surface area contributed by atoms with Gasteiger partial charge in [0.05, 0.1) is 15.1 Å². The molecule has 0 radical (unpaired) electrons. The van der Waals surface area contributed by atoms with Crippen LogP contribution in [0, 0.1) is 10.1 Å². The number of halogens is 3. The molecule has 0 fully saturated rings. The normalized spacial score (nSPS) is 11.0. The van der Waals surface area contributed by atoms with Crippen molar-refractivity contribution in [1.29, 1.82) is 0 Å². The van der Waals surface area contributed by atoms with Crippen LogP contribution in [0.4, 0.5) is 11.4 Å². The molecule has 0 heterocycles. The molecule has 0 unspecified atom stereocenters. The predicted octanol–water partition coefficient (Wildman–Crippen LogP) is 7.21. The Labute approximate surface area is 187 Å². The summed E-state index contributed by atoms with van der Waals surface area (Å²) in [6, 6.07) is 17.8. The van der Waals surface area contributed by atoms with Crippen LogP contribution in [0.2, 0.25) is 0 Å². The number of nitro groups is 1. The van der Waals surface area contributed by atoms with Crippen molar-refractivity contribution >= 4 is 65.4 Å². The molecule has 0 aliphatic heterocycles. The van der Waals surface area contributed by atoms with Crippen molar-refractivity contribution in [1.82, 2.24) is 0 Å². The van der Waals surface area contributed by atoms with Crippen LogP contribution in [-0.2, 0) is 6.61 Å². The molecule has 0 aliphatic rings. The first kappa shape index (κ1) is 20.7. The minimum atomic E-state index is -0.438. The number of ether oxygens (including phenoxy) is 1. The third-order valence-corrected chi connectivity index (χ3v) is 5.32. The lowest BCUT2D eigenvalue weighted by molar-refractivity contribution is -0.384. The highest BCUT2D eigenvalue weighted by Gasteiger charge is 2.10. The molecular weight excluding hydrogens is 556 g/mol. The van der Waals surface area contributed by atoms with E-state index in [1.807, 2.05) is 36.4 Å². The van der Waals surface area contributed by atoms with Crippen LogP contribution in [0.3, 0.4) is 0 Å². The second-order valence-electron chi connectivity index (χ2n) is 5.75. The third kappa shape index (κ3) is 5.50. The zero-order valence-electron chi connectivity index (χ0n) is 14.3. The van der Waals surface area contributed by atoms with Gasteiger partial charge in [0, 0.05) is 32.9 Å². The number of hydrogen-bond donors (Lipinski definition) is 0. The van der Waals surface area contributed by atoms with Crippen molar-refractivity contribution in [3.8, 4) is 5.75 Å². The van der Waals surface area contributed by atoms with Crippen molar-refractivity contribution in [3.63, 3.8) is 0 Å². The lowest BCUT2D eigenvalue weighted by Gasteiger charge is -2.12. The van der Waals surface area contributed by atoms with Crippen molar-refractivity contribution in [2.24, 2.45) is 4.99 Å². The van der Waals surface area contributed by atoms with E-state index in [2.05, 4.69) is 52.8 Å². The maximum absolute atomic E-state index is 10.8. The summed E-state index contributed by atoms with van der Waals surface area (Å²) in [6.07, 6.45) is 1.67. The van der Waals surface area contributed by atoms with Crippen molar-refractivity contribution < 1.29 is 9.66 Å². The fourth-order valence-corrected chi connectivity index (χ4v) is 4.01. The van der Waals surface area contributed by atoms with Crippen LogP contribution in [0.15, 0.2) is 79.1 Å². The number of nitro benzene ring substituents is 1. The molecule has 28 heavy (non-hydrogen) atoms. The van der Waals surface area contributed by atoms with Crippen LogP contribution in [-0.4, -0.2) is 11.1 Å². The number of benzene rings is 3. The van der Waals surface area contributed by atoms with Gasteiger partial charge in [0.2, 0.25) is 0 Å². The standard InChI is InChI=1S/C20H13Br3N2O3/c21-15-3-1-13(2-4-15)12-28-20-14(9-16(22)10-19(20)23)11-24-17-5-7-18(8-6-17)25(26)27/h1-11H,12H2. The quantitative estimate of drug-likeness (QED) is 0.179. The average molecular weight is 569 g/mol. The smallest absolute Gasteiger partial charge is 0.269 e. The van der Waals surface area contributed by atoms with E-state index in [0.29, 0.717) is 18.0 Å². The highest BCUT2D eigenvalue weighted by molar-refractivity contribution is 9.11. The lowest BCUT2D eigenvalue weighted by Crippen LogP contribution is -1.99. The number of rotatable bonds is 6. The van der Waals surface area contributed by atoms with Crippen LogP contribution in [0.25, 0.3) is 0 Å². The Kier molecular flexibility index (Phi) is 6.98. The zero-order chi connectivity index (χ0) is 20.1. The minimum absolute atomic E-state index is 0.0303. The van der Waals surface area contributed by atoms with E-state index in [0.717, 1.165) is 24.5 Å². The number of hydrogen-bond acceptors (Lipinski definition) is 4. The summed E-state index contributed by atoms with van der Waals surface area (Å²) in [4.78, 5) is 14.7. The molecule has 0 bridgehead atoms. The van der Waals surface area contributed by atoms with E-state index in [1.165, 1.54) is 12.1 Å². The van der Waals surface area contributed by atoms with E-state index in [9.17, 15) is 10.1 Å². The molecular formula is C20H13Br3N2O3. The Morgan fingerprint density at radius 2 is 1.64 bits per heavy atom. The van der Waals surface area contributed by atoms with Crippen molar-refractivity contribution in [2.45, 2.75) is 6.61 Å². The van der Waals surface area contributed by atoms with Gasteiger partial charge in [-0.25, -0.2) is 0 Å². The third-order valence-electron chi connectivity index (χ3n) is 3.75. The van der Waals surface area contributed by atoms with E-state index in [4.69, 9.17) is 4.74 Å². The SMILES string of the molecule is O=[N+]([O-])c1ccc(N=Cc2cc(Br)cc(Br)c2OCc2ccc(Br)cc2)cc1. The van der Waals surface area contributed by atoms with Gasteiger partial charge in [0.1, 0.15) is 12.4 Å². The second kappa shape index (κ2) is 9.45. The molecule has 8 heteroatoms. The monoisotopic (exact) mass is 566 g/mol. The summed E-state index contributed by atoms with van der Waals surface area (Å²) in [5, 5.41) is 10.8. The summed E-state index contributed by atoms with van der Waals surface area (Å²) in [5.74, 6) is 0.664. The molecule has 0 saturated carbocycles. The van der Waals surface area contributed by atoms with E-state index in [1.54, 1.807) is 18.3 Å². The first-order chi connectivity index (χ1) is 13.4. The summed E-state index contributed by atoms with van der Waals surface area (Å²) >= 11 is 10.4. The van der Waals surface area contributed by atoms with E-state index < -0.39 is 4.92 Å². The summed E-state index contributed by atoms with van der Waals surface area (Å²) in [5.41, 5.74) is 2.45. The van der Waals surface area contributed by atoms with Crippen molar-refractivity contribution in [3.05, 3.63) is 95.3 Å². The second-order valence-corrected chi connectivity index (χ2v) is 8.44. The van der Waals surface area contributed by atoms with Crippen LogP contribution < -0.4 is 4.74 Å². The van der Waals surface area contributed by atoms with Crippen LogP contribution in [0.1, 0.15) is 11.1 Å². The fourth-order valence-electron chi connectivity index (χ4n) is 2.37. The highest BCUT2D eigenvalue weighted by atomic mass is 79.9. The Morgan fingerprint density at radius 1 is 0.964 bits per heavy atom. The van der Waals surface area contributed by atoms with Gasteiger partial charge >= 0.3 is 0 Å². The molecule has 0 N–H and O–H groups in total. The van der Waals surface area contributed by atoms with Gasteiger partial charge in [-0.3, -0.25) is 15.1 Å². The molecule has 3 aromatic carbocycles. The predicted molar refractivity (Wildman–Crippen MR) is 121 cm³/mol. The molecule has 0 aliphatic carbocycles. The molecule has 5 nitrogen and oxygen atoms in total. The molecule has 3 rings (SSSR count). The van der Waals surface area contributed by atoms with Gasteiger partial charge in [-0.1, -0.05) is 44.0 Å².